The van der Waals surface area contributed by atoms with Crippen LogP contribution in [0.1, 0.15) is 17.2 Å². The molecular weight excluding hydrogens is 338 g/mol. The minimum Gasteiger partial charge on any atom is -0.508 e. The summed E-state index contributed by atoms with van der Waals surface area (Å²) in [6.07, 6.45) is -0.205. The van der Waals surface area contributed by atoms with Gasteiger partial charge in [-0.2, -0.15) is 0 Å². The first-order valence-corrected chi connectivity index (χ1v) is 7.77. The molecule has 0 aliphatic carbocycles. The highest BCUT2D eigenvalue weighted by atomic mass is 16.4. The summed E-state index contributed by atoms with van der Waals surface area (Å²) in [4.78, 5) is 35.5. The smallest absolute Gasteiger partial charge is 0.336 e. The molecule has 132 valence electrons. The number of amides is 1. The molecule has 7 nitrogen and oxygen atoms in total. The number of nitrogens with one attached hydrogen (secondary N) is 1. The van der Waals surface area contributed by atoms with Gasteiger partial charge in [-0.25, -0.2) is 9.59 Å². The Morgan fingerprint density at radius 3 is 2.50 bits per heavy atom. The molecule has 0 saturated carbocycles. The number of hydrogen-bond acceptors (Lipinski definition) is 5. The van der Waals surface area contributed by atoms with Gasteiger partial charge in [-0.05, 0) is 23.3 Å². The highest BCUT2D eigenvalue weighted by Crippen LogP contribution is 2.22. The number of phenolic OH excluding ortho intramolecular Hbond substituents is 1. The lowest BCUT2D eigenvalue weighted by Crippen LogP contribution is -2.34. The van der Waals surface area contributed by atoms with Gasteiger partial charge in [0.25, 0.3) is 0 Å². The number of phenols is 1. The van der Waals surface area contributed by atoms with Crippen LogP contribution in [0.15, 0.2) is 63.8 Å². The lowest BCUT2D eigenvalue weighted by atomic mass is 10.0. The van der Waals surface area contributed by atoms with Crippen LogP contribution < -0.4 is 10.9 Å². The number of aromatic hydroxyl groups is 1. The van der Waals surface area contributed by atoms with Gasteiger partial charge in [0.1, 0.15) is 11.3 Å². The average molecular weight is 353 g/mol. The second kappa shape index (κ2) is 7.10. The first-order chi connectivity index (χ1) is 12.4. The van der Waals surface area contributed by atoms with E-state index in [1.54, 1.807) is 30.3 Å². The predicted octanol–water partition coefficient (Wildman–Crippen LogP) is 1.98. The number of aliphatic carboxylic acids is 1. The van der Waals surface area contributed by atoms with Gasteiger partial charge in [0.05, 0.1) is 6.42 Å². The van der Waals surface area contributed by atoms with Gasteiger partial charge in [-0.3, -0.25) is 4.79 Å². The van der Waals surface area contributed by atoms with Crippen molar-refractivity contribution in [3.8, 4) is 5.75 Å². The zero-order valence-electron chi connectivity index (χ0n) is 13.5. The van der Waals surface area contributed by atoms with Crippen molar-refractivity contribution in [1.82, 2.24) is 5.32 Å². The van der Waals surface area contributed by atoms with Crippen LogP contribution in [0.3, 0.4) is 0 Å². The molecule has 0 saturated heterocycles. The first-order valence-electron chi connectivity index (χ1n) is 7.77. The molecule has 0 spiro atoms. The number of carbonyl (C=O) groups excluding carboxylic acids is 1. The average Bonchev–Trinajstić information content (AvgIpc) is 2.59. The lowest BCUT2D eigenvalue weighted by molar-refractivity contribution is -0.141. The van der Waals surface area contributed by atoms with Crippen LogP contribution in [0.25, 0.3) is 11.0 Å². The molecule has 1 aromatic heterocycles. The van der Waals surface area contributed by atoms with Crippen molar-refractivity contribution in [2.75, 3.05) is 0 Å². The monoisotopic (exact) mass is 353 g/mol. The Balaban J connectivity index is 1.87. The number of carbonyl (C=O) groups is 2. The molecule has 1 atom stereocenters. The normalized spacial score (nSPS) is 11.8. The second-order valence-electron chi connectivity index (χ2n) is 5.70. The number of rotatable bonds is 5. The topological polar surface area (TPSA) is 117 Å². The maximum Gasteiger partial charge on any atom is 0.336 e. The zero-order chi connectivity index (χ0) is 18.7. The summed E-state index contributed by atoms with van der Waals surface area (Å²) in [6.45, 7) is 0. The molecule has 2 aromatic carbocycles. The van der Waals surface area contributed by atoms with E-state index in [9.17, 15) is 24.6 Å². The molecule has 0 aliphatic rings. The molecule has 0 fully saturated rings. The number of carboxylic acids is 1. The summed E-state index contributed by atoms with van der Waals surface area (Å²) in [5.41, 5.74) is 0.309. The Bertz CT molecular complexity index is 1030. The molecule has 3 rings (SSSR count). The third-order valence-electron chi connectivity index (χ3n) is 3.85. The highest BCUT2D eigenvalue weighted by molar-refractivity contribution is 5.90. The lowest BCUT2D eigenvalue weighted by Gasteiger charge is -2.15. The van der Waals surface area contributed by atoms with E-state index in [1.165, 1.54) is 24.3 Å². The minimum absolute atomic E-state index is 0.0720. The molecular formula is C19H15NO6. The fourth-order valence-corrected chi connectivity index (χ4v) is 2.68. The molecule has 26 heavy (non-hydrogen) atoms. The first kappa shape index (κ1) is 17.2. The summed E-state index contributed by atoms with van der Waals surface area (Å²) >= 11 is 0. The van der Waals surface area contributed by atoms with E-state index in [1.807, 2.05) is 0 Å². The Morgan fingerprint density at radius 2 is 1.81 bits per heavy atom. The van der Waals surface area contributed by atoms with E-state index >= 15 is 0 Å². The van der Waals surface area contributed by atoms with Crippen LogP contribution in [-0.2, 0) is 16.0 Å². The van der Waals surface area contributed by atoms with Crippen LogP contribution in [0.2, 0.25) is 0 Å². The van der Waals surface area contributed by atoms with Gasteiger partial charge >= 0.3 is 11.6 Å². The van der Waals surface area contributed by atoms with Gasteiger partial charge in [0.2, 0.25) is 5.91 Å². The Morgan fingerprint density at radius 1 is 1.08 bits per heavy atom. The molecule has 7 heteroatoms. The molecule has 0 radical (unpaired) electrons. The van der Waals surface area contributed by atoms with Crippen LogP contribution in [0.5, 0.6) is 5.75 Å². The van der Waals surface area contributed by atoms with Crippen molar-refractivity contribution in [2.24, 2.45) is 0 Å². The maximum absolute atomic E-state index is 12.4. The van der Waals surface area contributed by atoms with Crippen molar-refractivity contribution in [1.29, 1.82) is 0 Å². The molecule has 1 amide bonds. The Kier molecular flexibility index (Phi) is 4.70. The van der Waals surface area contributed by atoms with Crippen molar-refractivity contribution in [3.05, 3.63) is 76.1 Å². The van der Waals surface area contributed by atoms with E-state index in [4.69, 9.17) is 4.42 Å². The standard InChI is InChI=1S/C19H15NO6/c21-13-6-7-14-12(9-17(23)26-15(14)10-13)8-16(22)20-18(19(24)25)11-4-2-1-3-5-11/h1-7,9-10,18,21H,8H2,(H,20,22)(H,24,25)/t18-/m1/s1. The summed E-state index contributed by atoms with van der Waals surface area (Å²) in [6, 6.07) is 12.5. The van der Waals surface area contributed by atoms with E-state index in [-0.39, 0.29) is 17.8 Å². The van der Waals surface area contributed by atoms with E-state index in [2.05, 4.69) is 5.32 Å². The quantitative estimate of drug-likeness (QED) is 0.604. The summed E-state index contributed by atoms with van der Waals surface area (Å²) in [7, 11) is 0. The van der Waals surface area contributed by atoms with Crippen LogP contribution in [0.4, 0.5) is 0 Å². The van der Waals surface area contributed by atoms with Crippen LogP contribution in [-0.4, -0.2) is 22.1 Å². The van der Waals surface area contributed by atoms with E-state index in [0.717, 1.165) is 0 Å². The predicted molar refractivity (Wildman–Crippen MR) is 92.8 cm³/mol. The van der Waals surface area contributed by atoms with Crippen molar-refractivity contribution < 1.29 is 24.2 Å². The SMILES string of the molecule is O=C(Cc1cc(=O)oc2cc(O)ccc12)N[C@@H](C(=O)O)c1ccccc1. The van der Waals surface area contributed by atoms with E-state index in [0.29, 0.717) is 16.5 Å². The van der Waals surface area contributed by atoms with Gasteiger partial charge in [0, 0.05) is 17.5 Å². The molecule has 3 aromatic rings. The number of hydrogen-bond donors (Lipinski definition) is 3. The molecule has 1 heterocycles. The summed E-state index contributed by atoms with van der Waals surface area (Å²) in [5, 5.41) is 21.8. The number of carboxylic acid groups (broad SMARTS) is 1. The summed E-state index contributed by atoms with van der Waals surface area (Å²) in [5.74, 6) is -1.81. The van der Waals surface area contributed by atoms with Crippen molar-refractivity contribution >= 4 is 22.8 Å². The summed E-state index contributed by atoms with van der Waals surface area (Å²) < 4.78 is 5.01. The second-order valence-corrected chi connectivity index (χ2v) is 5.70. The number of benzene rings is 2. The largest absolute Gasteiger partial charge is 0.508 e. The number of fused-ring (bicyclic) bond motifs is 1. The highest BCUT2D eigenvalue weighted by Gasteiger charge is 2.22. The third kappa shape index (κ3) is 3.72. The van der Waals surface area contributed by atoms with Gasteiger partial charge < -0.3 is 19.9 Å². The molecule has 0 bridgehead atoms. The van der Waals surface area contributed by atoms with Gasteiger partial charge in [0.15, 0.2) is 6.04 Å². The minimum atomic E-state index is -1.20. The third-order valence-corrected chi connectivity index (χ3v) is 3.85. The van der Waals surface area contributed by atoms with Crippen molar-refractivity contribution in [3.63, 3.8) is 0 Å². The fraction of sp³-hybridized carbons (Fsp3) is 0.105. The molecule has 3 N–H and O–H groups in total. The Hall–Kier alpha value is -3.61. The van der Waals surface area contributed by atoms with Gasteiger partial charge in [-0.15, -0.1) is 0 Å². The van der Waals surface area contributed by atoms with Crippen molar-refractivity contribution in [2.45, 2.75) is 12.5 Å². The van der Waals surface area contributed by atoms with Crippen LogP contribution in [0, 0.1) is 0 Å². The Labute approximate surface area is 147 Å². The fourth-order valence-electron chi connectivity index (χ4n) is 2.68. The van der Waals surface area contributed by atoms with Crippen LogP contribution >= 0.6 is 0 Å². The zero-order valence-corrected chi connectivity index (χ0v) is 13.5. The van der Waals surface area contributed by atoms with Gasteiger partial charge in [-0.1, -0.05) is 30.3 Å². The molecule has 0 unspecified atom stereocenters. The molecule has 0 aliphatic heterocycles. The maximum atomic E-state index is 12.4. The van der Waals surface area contributed by atoms with E-state index < -0.39 is 23.5 Å².